The van der Waals surface area contributed by atoms with Crippen molar-refractivity contribution in [2.75, 3.05) is 21.3 Å². The van der Waals surface area contributed by atoms with Crippen LogP contribution in [0.1, 0.15) is 17.0 Å². The van der Waals surface area contributed by atoms with E-state index in [0.29, 0.717) is 23.1 Å². The van der Waals surface area contributed by atoms with Crippen LogP contribution in [0.3, 0.4) is 0 Å². The molecule has 0 bridgehead atoms. The molecule has 2 amide bonds. The van der Waals surface area contributed by atoms with Gasteiger partial charge in [-0.2, -0.15) is 0 Å². The van der Waals surface area contributed by atoms with Crippen molar-refractivity contribution in [1.29, 1.82) is 0 Å². The molecule has 7 heteroatoms. The van der Waals surface area contributed by atoms with Gasteiger partial charge >= 0.3 is 6.03 Å². The quantitative estimate of drug-likeness (QED) is 0.275. The second kappa shape index (κ2) is 9.82. The molecule has 166 valence electrons. The Morgan fingerprint density at radius 1 is 0.667 bits per heavy atom. The summed E-state index contributed by atoms with van der Waals surface area (Å²) in [5, 5.41) is 12.3. The van der Waals surface area contributed by atoms with Gasteiger partial charge in [0.25, 0.3) is 0 Å². The van der Waals surface area contributed by atoms with Crippen molar-refractivity contribution in [1.82, 2.24) is 9.97 Å². The lowest BCUT2D eigenvalue weighted by atomic mass is 10.2. The third kappa shape index (κ3) is 6.07. The summed E-state index contributed by atoms with van der Waals surface area (Å²) < 4.78 is 0. The summed E-state index contributed by atoms with van der Waals surface area (Å²) in [6, 6.07) is 24.8. The number of aromatic nitrogens is 2. The van der Waals surface area contributed by atoms with Gasteiger partial charge in [0.05, 0.1) is 0 Å². The highest BCUT2D eigenvalue weighted by Gasteiger charge is 2.06. The maximum absolute atomic E-state index is 12.3. The fraction of sp³-hybridized carbons (Fsp3) is 0.115. The number of hydrogen-bond donors (Lipinski definition) is 4. The minimum atomic E-state index is -0.289. The van der Waals surface area contributed by atoms with Crippen LogP contribution in [0.15, 0.2) is 78.9 Å². The van der Waals surface area contributed by atoms with Crippen LogP contribution >= 0.6 is 0 Å². The number of carbonyl (C=O) groups is 1. The third-order valence-corrected chi connectivity index (χ3v) is 4.97. The number of nitrogens with zero attached hydrogens (tertiary/aromatic N) is 2. The molecular formula is C26H26N6O. The van der Waals surface area contributed by atoms with E-state index in [1.165, 1.54) is 5.56 Å². The first-order chi connectivity index (χ1) is 15.9. The number of hydrogen-bond acceptors (Lipinski definition) is 5. The van der Waals surface area contributed by atoms with Gasteiger partial charge in [-0.05, 0) is 68.8 Å². The molecule has 0 aliphatic rings. The SMILES string of the molecule is Cc1ccc(Nc2cc(Nc3ccc(NC(=O)Nc4ccccc4C)cc3)nc(C)n2)cc1. The van der Waals surface area contributed by atoms with Crippen LogP contribution in [0.5, 0.6) is 0 Å². The van der Waals surface area contributed by atoms with Crippen LogP contribution in [0.2, 0.25) is 0 Å². The van der Waals surface area contributed by atoms with Gasteiger partial charge in [-0.3, -0.25) is 0 Å². The Kier molecular flexibility index (Phi) is 6.50. The lowest BCUT2D eigenvalue weighted by Crippen LogP contribution is -2.19. The van der Waals surface area contributed by atoms with Crippen LogP contribution in [0.25, 0.3) is 0 Å². The molecule has 0 saturated heterocycles. The predicted molar refractivity (Wildman–Crippen MR) is 135 cm³/mol. The second-order valence-corrected chi connectivity index (χ2v) is 7.77. The standard InChI is InChI=1S/C26H26N6O/c1-17-8-10-20(11-9-17)29-24-16-25(28-19(3)27-24)30-21-12-14-22(15-13-21)31-26(33)32-23-7-5-4-6-18(23)2/h4-16H,1-3H3,(H2,31,32,33)(H2,27,28,29,30). The second-order valence-electron chi connectivity index (χ2n) is 7.77. The Labute approximate surface area is 193 Å². The number of urea groups is 1. The monoisotopic (exact) mass is 438 g/mol. The van der Waals surface area contributed by atoms with Crippen LogP contribution in [-0.2, 0) is 0 Å². The molecule has 4 N–H and O–H groups in total. The summed E-state index contributed by atoms with van der Waals surface area (Å²) in [6.45, 7) is 5.86. The molecule has 0 aliphatic carbocycles. The lowest BCUT2D eigenvalue weighted by Gasteiger charge is -2.12. The normalized spacial score (nSPS) is 10.4. The number of anilines is 6. The van der Waals surface area contributed by atoms with Crippen molar-refractivity contribution in [2.45, 2.75) is 20.8 Å². The molecule has 0 atom stereocenters. The van der Waals surface area contributed by atoms with Gasteiger partial charge < -0.3 is 21.3 Å². The summed E-state index contributed by atoms with van der Waals surface area (Å²) >= 11 is 0. The Morgan fingerprint density at radius 2 is 1.21 bits per heavy atom. The van der Waals surface area contributed by atoms with Gasteiger partial charge in [-0.15, -0.1) is 0 Å². The van der Waals surface area contributed by atoms with Gasteiger partial charge in [-0.25, -0.2) is 14.8 Å². The summed E-state index contributed by atoms with van der Waals surface area (Å²) in [4.78, 5) is 21.2. The van der Waals surface area contributed by atoms with Crippen molar-refractivity contribution < 1.29 is 4.79 Å². The van der Waals surface area contributed by atoms with Crippen molar-refractivity contribution in [3.8, 4) is 0 Å². The zero-order chi connectivity index (χ0) is 23.2. The van der Waals surface area contributed by atoms with E-state index < -0.39 is 0 Å². The number of aryl methyl sites for hydroxylation is 3. The van der Waals surface area contributed by atoms with E-state index in [-0.39, 0.29) is 6.03 Å². The van der Waals surface area contributed by atoms with E-state index in [2.05, 4.69) is 38.2 Å². The first kappa shape index (κ1) is 21.8. The molecule has 3 aromatic carbocycles. The number of carbonyl (C=O) groups excluding carboxylic acids is 1. The predicted octanol–water partition coefficient (Wildman–Crippen LogP) is 6.53. The summed E-state index contributed by atoms with van der Waals surface area (Å²) in [5.41, 5.74) is 5.48. The number of nitrogens with one attached hydrogen (secondary N) is 4. The van der Waals surface area contributed by atoms with Gasteiger partial charge in [0.1, 0.15) is 17.5 Å². The highest BCUT2D eigenvalue weighted by atomic mass is 16.2. The minimum absolute atomic E-state index is 0.289. The van der Waals surface area contributed by atoms with Crippen LogP contribution in [0.4, 0.5) is 39.2 Å². The third-order valence-electron chi connectivity index (χ3n) is 4.97. The van der Waals surface area contributed by atoms with E-state index in [9.17, 15) is 4.79 Å². The van der Waals surface area contributed by atoms with Gasteiger partial charge in [-0.1, -0.05) is 35.9 Å². The molecule has 0 radical (unpaired) electrons. The number of para-hydroxylation sites is 1. The van der Waals surface area contributed by atoms with Crippen molar-refractivity contribution in [3.63, 3.8) is 0 Å². The maximum atomic E-state index is 12.3. The average Bonchev–Trinajstić information content (AvgIpc) is 2.78. The van der Waals surface area contributed by atoms with Crippen LogP contribution in [0, 0.1) is 20.8 Å². The Morgan fingerprint density at radius 3 is 1.82 bits per heavy atom. The molecule has 0 saturated carbocycles. The van der Waals surface area contributed by atoms with E-state index in [0.717, 1.165) is 22.6 Å². The Balaban J connectivity index is 1.39. The van der Waals surface area contributed by atoms with Crippen molar-refractivity contribution in [3.05, 3.63) is 95.8 Å². The highest BCUT2D eigenvalue weighted by Crippen LogP contribution is 2.22. The molecular weight excluding hydrogens is 412 g/mol. The smallest absolute Gasteiger partial charge is 0.323 e. The molecule has 0 unspecified atom stereocenters. The van der Waals surface area contributed by atoms with Crippen LogP contribution < -0.4 is 21.3 Å². The summed E-state index contributed by atoms with van der Waals surface area (Å²) in [6.07, 6.45) is 0. The average molecular weight is 439 g/mol. The van der Waals surface area contributed by atoms with Gasteiger partial charge in [0.15, 0.2) is 0 Å². The molecule has 1 heterocycles. The zero-order valence-electron chi connectivity index (χ0n) is 18.8. The van der Waals surface area contributed by atoms with E-state index in [1.807, 2.05) is 92.7 Å². The fourth-order valence-corrected chi connectivity index (χ4v) is 3.26. The topological polar surface area (TPSA) is 91.0 Å². The summed E-state index contributed by atoms with van der Waals surface area (Å²) in [7, 11) is 0. The number of amides is 2. The fourth-order valence-electron chi connectivity index (χ4n) is 3.26. The number of rotatable bonds is 6. The Hall–Kier alpha value is -4.39. The van der Waals surface area contributed by atoms with Crippen molar-refractivity contribution >= 4 is 40.4 Å². The van der Waals surface area contributed by atoms with Gasteiger partial charge in [0, 0.05) is 28.8 Å². The molecule has 0 fully saturated rings. The van der Waals surface area contributed by atoms with Crippen molar-refractivity contribution in [2.24, 2.45) is 0 Å². The van der Waals surface area contributed by atoms with E-state index in [1.54, 1.807) is 0 Å². The molecule has 4 aromatic rings. The molecule has 0 spiro atoms. The molecule has 7 nitrogen and oxygen atoms in total. The van der Waals surface area contributed by atoms with E-state index >= 15 is 0 Å². The summed E-state index contributed by atoms with van der Waals surface area (Å²) in [5.74, 6) is 2.04. The molecule has 0 aliphatic heterocycles. The Bertz CT molecular complexity index is 1250. The highest BCUT2D eigenvalue weighted by molar-refractivity contribution is 6.00. The minimum Gasteiger partial charge on any atom is -0.340 e. The molecule has 1 aromatic heterocycles. The molecule has 33 heavy (non-hydrogen) atoms. The first-order valence-electron chi connectivity index (χ1n) is 10.6. The van der Waals surface area contributed by atoms with Gasteiger partial charge in [0.2, 0.25) is 0 Å². The van der Waals surface area contributed by atoms with E-state index in [4.69, 9.17) is 0 Å². The lowest BCUT2D eigenvalue weighted by molar-refractivity contribution is 0.262. The van der Waals surface area contributed by atoms with Crippen LogP contribution in [-0.4, -0.2) is 16.0 Å². The molecule has 4 rings (SSSR count). The first-order valence-corrected chi connectivity index (χ1v) is 10.6. The largest absolute Gasteiger partial charge is 0.340 e. The number of benzene rings is 3. The zero-order valence-corrected chi connectivity index (χ0v) is 18.8. The maximum Gasteiger partial charge on any atom is 0.323 e.